The number of allylic oxidation sites excluding steroid dienone is 2. The lowest BCUT2D eigenvalue weighted by Gasteiger charge is -2.03. The first-order valence-electron chi connectivity index (χ1n) is 8.13. The van der Waals surface area contributed by atoms with E-state index in [1.54, 1.807) is 6.08 Å². The Morgan fingerprint density at radius 3 is 2.58 bits per heavy atom. The fourth-order valence-corrected chi connectivity index (χ4v) is 2.06. The highest BCUT2D eigenvalue weighted by atomic mass is 16.6. The van der Waals surface area contributed by atoms with E-state index in [0.717, 1.165) is 30.4 Å². The van der Waals surface area contributed by atoms with Gasteiger partial charge in [-0.3, -0.25) is 14.4 Å². The molecule has 1 aromatic carbocycles. The molecule has 0 fully saturated rings. The second-order valence-electron chi connectivity index (χ2n) is 5.46. The second kappa shape index (κ2) is 12.1. The fraction of sp³-hybridized carbons (Fsp3) is 0.368. The number of carbonyl (C=O) groups is 2. The lowest BCUT2D eigenvalue weighted by Crippen LogP contribution is -2.23. The van der Waals surface area contributed by atoms with E-state index in [2.05, 4.69) is 15.6 Å². The summed E-state index contributed by atoms with van der Waals surface area (Å²) in [6.45, 7) is 2.50. The predicted molar refractivity (Wildman–Crippen MR) is 95.9 cm³/mol. The molecule has 0 spiro atoms. The number of hydrogen-bond donors (Lipinski definition) is 2. The molecule has 0 saturated heterocycles. The zero-order valence-electron chi connectivity index (χ0n) is 14.4. The van der Waals surface area contributed by atoms with Crippen LogP contribution in [0.1, 0.15) is 38.2 Å². The first kappa shape index (κ1) is 19.6. The fourth-order valence-electron chi connectivity index (χ4n) is 2.06. The van der Waals surface area contributed by atoms with Crippen LogP contribution in [-0.2, 0) is 14.4 Å². The number of benzene rings is 1. The van der Waals surface area contributed by atoms with Gasteiger partial charge in [0, 0.05) is 19.0 Å². The van der Waals surface area contributed by atoms with Gasteiger partial charge in [-0.2, -0.15) is 0 Å². The lowest BCUT2D eigenvalue weighted by molar-refractivity contribution is -0.131. The quantitative estimate of drug-likeness (QED) is 0.300. The van der Waals surface area contributed by atoms with Crippen molar-refractivity contribution in [1.82, 2.24) is 10.8 Å². The van der Waals surface area contributed by atoms with Gasteiger partial charge in [-0.15, -0.1) is 0 Å². The van der Waals surface area contributed by atoms with E-state index in [-0.39, 0.29) is 11.8 Å². The van der Waals surface area contributed by atoms with Gasteiger partial charge in [0.05, 0.1) is 7.11 Å². The molecule has 0 heterocycles. The van der Waals surface area contributed by atoms with Crippen molar-refractivity contribution in [2.24, 2.45) is 0 Å². The molecule has 1 rings (SSSR count). The first-order chi connectivity index (χ1) is 11.6. The minimum Gasteiger partial charge on any atom is -0.353 e. The molecule has 0 atom stereocenters. The highest BCUT2D eigenvalue weighted by Gasteiger charge is 2.00. The zero-order chi connectivity index (χ0) is 17.6. The average molecular weight is 330 g/mol. The summed E-state index contributed by atoms with van der Waals surface area (Å²) in [7, 11) is 1.41. The van der Waals surface area contributed by atoms with E-state index in [0.29, 0.717) is 13.0 Å². The van der Waals surface area contributed by atoms with Crippen molar-refractivity contribution >= 4 is 17.9 Å². The molecule has 0 aliphatic carbocycles. The van der Waals surface area contributed by atoms with Crippen molar-refractivity contribution in [1.29, 1.82) is 0 Å². The Morgan fingerprint density at radius 1 is 1.12 bits per heavy atom. The summed E-state index contributed by atoms with van der Waals surface area (Å²) in [5.41, 5.74) is 4.27. The smallest absolute Gasteiger partial charge is 0.244 e. The van der Waals surface area contributed by atoms with Crippen molar-refractivity contribution in [3.63, 3.8) is 0 Å². The third-order valence-electron chi connectivity index (χ3n) is 3.29. The maximum Gasteiger partial charge on any atom is 0.244 e. The maximum atomic E-state index is 11.8. The molecule has 0 aliphatic heterocycles. The summed E-state index contributed by atoms with van der Waals surface area (Å²) < 4.78 is 0. The van der Waals surface area contributed by atoms with Gasteiger partial charge in [-0.25, -0.2) is 5.48 Å². The third-order valence-corrected chi connectivity index (χ3v) is 3.29. The van der Waals surface area contributed by atoms with Crippen LogP contribution in [0.15, 0.2) is 48.1 Å². The van der Waals surface area contributed by atoms with Crippen LogP contribution in [-0.4, -0.2) is 25.5 Å². The third kappa shape index (κ3) is 9.58. The highest BCUT2D eigenvalue weighted by molar-refractivity contribution is 5.88. The van der Waals surface area contributed by atoms with Gasteiger partial charge >= 0.3 is 0 Å². The van der Waals surface area contributed by atoms with Crippen LogP contribution in [0.3, 0.4) is 0 Å². The molecule has 0 bridgehead atoms. The largest absolute Gasteiger partial charge is 0.353 e. The van der Waals surface area contributed by atoms with Crippen LogP contribution in [0.5, 0.6) is 0 Å². The molecule has 2 N–H and O–H groups in total. The van der Waals surface area contributed by atoms with Crippen LogP contribution in [0, 0.1) is 0 Å². The standard InChI is InChI=1S/C19H26N2O3/c1-16(12-13-17-9-5-3-6-10-17)15-19(23)20-14-8-4-7-11-18(22)21-24-2/h3,5-6,9-10,12-13,15H,4,7-8,11,14H2,1-2H3,(H,20,23)(H,21,22)/b13-12+,16-15+. The number of rotatable bonds is 10. The lowest BCUT2D eigenvalue weighted by atomic mass is 10.1. The first-order valence-corrected chi connectivity index (χ1v) is 8.13. The summed E-state index contributed by atoms with van der Waals surface area (Å²) in [4.78, 5) is 27.5. The monoisotopic (exact) mass is 330 g/mol. The topological polar surface area (TPSA) is 67.4 Å². The molecule has 2 amide bonds. The van der Waals surface area contributed by atoms with Crippen molar-refractivity contribution < 1.29 is 14.4 Å². The Kier molecular flexibility index (Phi) is 9.88. The van der Waals surface area contributed by atoms with Crippen LogP contribution in [0.4, 0.5) is 0 Å². The highest BCUT2D eigenvalue weighted by Crippen LogP contribution is 2.04. The minimum atomic E-state index is -0.120. The number of carbonyl (C=O) groups excluding carboxylic acids is 2. The van der Waals surface area contributed by atoms with Gasteiger partial charge in [0.25, 0.3) is 0 Å². The Hall–Kier alpha value is -2.40. The summed E-state index contributed by atoms with van der Waals surface area (Å²) in [5.74, 6) is -0.215. The van der Waals surface area contributed by atoms with Gasteiger partial charge in [0.1, 0.15) is 0 Å². The molecule has 130 valence electrons. The van der Waals surface area contributed by atoms with Gasteiger partial charge in [-0.1, -0.05) is 48.9 Å². The van der Waals surface area contributed by atoms with Crippen molar-refractivity contribution in [3.8, 4) is 0 Å². The average Bonchev–Trinajstić information content (AvgIpc) is 2.57. The van der Waals surface area contributed by atoms with E-state index in [4.69, 9.17) is 0 Å². The van der Waals surface area contributed by atoms with Crippen molar-refractivity contribution in [2.75, 3.05) is 13.7 Å². The molecule has 5 heteroatoms. The molecule has 24 heavy (non-hydrogen) atoms. The van der Waals surface area contributed by atoms with Crippen LogP contribution < -0.4 is 10.8 Å². The number of hydrogen-bond acceptors (Lipinski definition) is 3. The SMILES string of the molecule is CONC(=O)CCCCCNC(=O)/C=C(C)/C=C/c1ccccc1. The molecular formula is C19H26N2O3. The Balaban J connectivity index is 2.18. The summed E-state index contributed by atoms with van der Waals surface area (Å²) in [6, 6.07) is 9.94. The maximum absolute atomic E-state index is 11.8. The number of nitrogens with one attached hydrogen (secondary N) is 2. The summed E-state index contributed by atoms with van der Waals surface area (Å²) in [6.07, 6.45) is 8.43. The van der Waals surface area contributed by atoms with Gasteiger partial charge in [0.2, 0.25) is 11.8 Å². The second-order valence-corrected chi connectivity index (χ2v) is 5.46. The van der Waals surface area contributed by atoms with Crippen LogP contribution in [0.2, 0.25) is 0 Å². The van der Waals surface area contributed by atoms with E-state index in [1.165, 1.54) is 7.11 Å². The van der Waals surface area contributed by atoms with E-state index in [1.807, 2.05) is 49.4 Å². The minimum absolute atomic E-state index is 0.0951. The molecule has 0 aromatic heterocycles. The molecule has 1 aromatic rings. The van der Waals surface area contributed by atoms with Crippen molar-refractivity contribution in [2.45, 2.75) is 32.6 Å². The number of hydroxylamine groups is 1. The van der Waals surface area contributed by atoms with E-state index in [9.17, 15) is 9.59 Å². The molecule has 0 saturated carbocycles. The zero-order valence-corrected chi connectivity index (χ0v) is 14.4. The van der Waals surface area contributed by atoms with Gasteiger partial charge < -0.3 is 5.32 Å². The number of amides is 2. The van der Waals surface area contributed by atoms with Crippen LogP contribution in [0.25, 0.3) is 6.08 Å². The van der Waals surface area contributed by atoms with Gasteiger partial charge in [0.15, 0.2) is 0 Å². The van der Waals surface area contributed by atoms with Gasteiger partial charge in [-0.05, 0) is 30.9 Å². The molecule has 0 radical (unpaired) electrons. The Bertz CT molecular complexity index is 565. The summed E-state index contributed by atoms with van der Waals surface area (Å²) in [5, 5.41) is 2.85. The van der Waals surface area contributed by atoms with Crippen molar-refractivity contribution in [3.05, 3.63) is 53.6 Å². The van der Waals surface area contributed by atoms with E-state index >= 15 is 0 Å². The number of unbranched alkanes of at least 4 members (excludes halogenated alkanes) is 2. The molecule has 5 nitrogen and oxygen atoms in total. The van der Waals surface area contributed by atoms with E-state index < -0.39 is 0 Å². The molecule has 0 unspecified atom stereocenters. The Labute approximate surface area is 143 Å². The predicted octanol–water partition coefficient (Wildman–Crippen LogP) is 3.00. The normalized spacial score (nSPS) is 11.5. The van der Waals surface area contributed by atoms with Crippen LogP contribution >= 0.6 is 0 Å². The molecular weight excluding hydrogens is 304 g/mol. The Morgan fingerprint density at radius 2 is 1.88 bits per heavy atom. The summed E-state index contributed by atoms with van der Waals surface area (Å²) >= 11 is 0. The molecule has 0 aliphatic rings.